The first-order valence-electron chi connectivity index (χ1n) is 13.7. The van der Waals surface area contributed by atoms with Gasteiger partial charge in [0.2, 0.25) is 5.76 Å². The number of rotatable bonds is 12. The largest absolute Gasteiger partial charge is 0.502 e. The van der Waals surface area contributed by atoms with Crippen molar-refractivity contribution in [1.82, 2.24) is 9.80 Å². The minimum absolute atomic E-state index is 0.197. The van der Waals surface area contributed by atoms with Gasteiger partial charge in [-0.1, -0.05) is 54.6 Å². The highest BCUT2D eigenvalue weighted by Gasteiger charge is 2.19. The van der Waals surface area contributed by atoms with Gasteiger partial charge in [0.1, 0.15) is 17.7 Å². The van der Waals surface area contributed by atoms with Crippen LogP contribution in [0.25, 0.3) is 0 Å². The van der Waals surface area contributed by atoms with Crippen LogP contribution in [0.3, 0.4) is 0 Å². The van der Waals surface area contributed by atoms with Gasteiger partial charge in [-0.25, -0.2) is 18.4 Å². The van der Waals surface area contributed by atoms with Crippen molar-refractivity contribution in [2.24, 2.45) is 0 Å². The first-order valence-corrected chi connectivity index (χ1v) is 13.7. The molecule has 3 aromatic rings. The number of aliphatic hydroxyl groups excluding tert-OH is 1. The van der Waals surface area contributed by atoms with Crippen LogP contribution < -0.4 is 0 Å². The maximum Gasteiger partial charge on any atom is 0.371 e. The highest BCUT2D eigenvalue weighted by atomic mass is 19.1. The van der Waals surface area contributed by atoms with Crippen LogP contribution in [0.1, 0.15) is 29.2 Å². The summed E-state index contributed by atoms with van der Waals surface area (Å²) >= 11 is 0. The van der Waals surface area contributed by atoms with Crippen molar-refractivity contribution in [2.75, 3.05) is 45.9 Å². The number of hydrogen-bond donors (Lipinski definition) is 3. The van der Waals surface area contributed by atoms with Crippen LogP contribution in [0.5, 0.6) is 0 Å². The lowest BCUT2D eigenvalue weighted by Crippen LogP contribution is -2.47. The first-order chi connectivity index (χ1) is 20.2. The molecule has 0 aromatic heterocycles. The summed E-state index contributed by atoms with van der Waals surface area (Å²) < 4.78 is 33.0. The Bertz CT molecular complexity index is 1230. The normalized spacial score (nSPS) is 14.3. The van der Waals surface area contributed by atoms with E-state index in [-0.39, 0.29) is 23.8 Å². The van der Waals surface area contributed by atoms with Crippen molar-refractivity contribution in [3.05, 3.63) is 119 Å². The molecular formula is C32H36F2N2O6. The molecule has 1 aliphatic rings. The van der Waals surface area contributed by atoms with Gasteiger partial charge in [-0.3, -0.25) is 4.90 Å². The molecular weight excluding hydrogens is 546 g/mol. The molecule has 0 bridgehead atoms. The molecule has 1 aliphatic heterocycles. The van der Waals surface area contributed by atoms with Crippen LogP contribution >= 0.6 is 0 Å². The number of piperazine rings is 1. The molecule has 0 unspecified atom stereocenters. The molecule has 4 rings (SSSR count). The van der Waals surface area contributed by atoms with Gasteiger partial charge in [0.05, 0.1) is 12.7 Å². The second-order valence-corrected chi connectivity index (χ2v) is 9.80. The third-order valence-electron chi connectivity index (χ3n) is 6.76. The molecule has 224 valence electrons. The number of ether oxygens (including phenoxy) is 1. The predicted molar refractivity (Wildman–Crippen MR) is 154 cm³/mol. The van der Waals surface area contributed by atoms with Gasteiger partial charge >= 0.3 is 11.9 Å². The molecule has 3 N–H and O–H groups in total. The topological polar surface area (TPSA) is 111 Å². The number of carbonyl (C=O) groups is 2. The van der Waals surface area contributed by atoms with Crippen molar-refractivity contribution < 1.29 is 38.4 Å². The van der Waals surface area contributed by atoms with Gasteiger partial charge in [-0.2, -0.15) is 0 Å². The molecule has 8 nitrogen and oxygen atoms in total. The Balaban J connectivity index is 0.000000467. The average molecular weight is 583 g/mol. The maximum absolute atomic E-state index is 13.4. The quantitative estimate of drug-likeness (QED) is 0.204. The molecule has 1 heterocycles. The van der Waals surface area contributed by atoms with E-state index in [1.807, 2.05) is 0 Å². The van der Waals surface area contributed by atoms with Crippen LogP contribution in [-0.4, -0.2) is 82.9 Å². The Kier molecular flexibility index (Phi) is 13.1. The van der Waals surface area contributed by atoms with E-state index in [0.29, 0.717) is 6.61 Å². The molecule has 42 heavy (non-hydrogen) atoms. The molecule has 0 atom stereocenters. The summed E-state index contributed by atoms with van der Waals surface area (Å²) in [5.41, 5.74) is 3.14. The summed E-state index contributed by atoms with van der Waals surface area (Å²) in [5.74, 6) is -4.88. The second kappa shape index (κ2) is 17.0. The Morgan fingerprint density at radius 1 is 0.762 bits per heavy atom. The Morgan fingerprint density at radius 2 is 1.26 bits per heavy atom. The molecule has 3 aromatic carbocycles. The van der Waals surface area contributed by atoms with Crippen LogP contribution in [0.4, 0.5) is 8.78 Å². The Morgan fingerprint density at radius 3 is 1.71 bits per heavy atom. The number of carboxylic acid groups (broad SMARTS) is 2. The monoisotopic (exact) mass is 582 g/mol. The van der Waals surface area contributed by atoms with Crippen molar-refractivity contribution in [3.63, 3.8) is 0 Å². The first kappa shape index (κ1) is 32.4. The second-order valence-electron chi connectivity index (χ2n) is 9.80. The fourth-order valence-corrected chi connectivity index (χ4v) is 4.53. The molecule has 1 fully saturated rings. The number of aryl methyl sites for hydroxylation is 1. The average Bonchev–Trinajstić information content (AvgIpc) is 2.98. The fourth-order valence-electron chi connectivity index (χ4n) is 4.53. The van der Waals surface area contributed by atoms with Gasteiger partial charge in [0.15, 0.2) is 0 Å². The van der Waals surface area contributed by atoms with E-state index in [2.05, 4.69) is 40.1 Å². The number of halogens is 2. The zero-order valence-corrected chi connectivity index (χ0v) is 23.2. The number of aliphatic hydroxyl groups is 1. The van der Waals surface area contributed by atoms with Gasteiger partial charge < -0.3 is 25.0 Å². The van der Waals surface area contributed by atoms with E-state index in [0.717, 1.165) is 56.8 Å². The van der Waals surface area contributed by atoms with E-state index < -0.39 is 17.7 Å². The summed E-state index contributed by atoms with van der Waals surface area (Å²) in [6.45, 7) is 6.77. The number of benzene rings is 3. The summed E-state index contributed by atoms with van der Waals surface area (Å²) in [6, 6.07) is 23.3. The van der Waals surface area contributed by atoms with Crippen LogP contribution in [0, 0.1) is 11.6 Å². The lowest BCUT2D eigenvalue weighted by molar-refractivity contribution is -0.137. The standard InChI is InChI=1S/C28H32F2N2O.C4H4O5/c29-26-12-8-24(9-13-26)28(25-10-14-27(30)15-11-25)33-22-21-32-19-17-31(18-20-32)16-4-7-23-5-2-1-3-6-23;5-2(4(8)9)1-3(6)7/h1-3,5-6,8-15,28H,4,7,16-22H2;1,5H,(H,6,7)(H,8,9)/b;2-1+. The summed E-state index contributed by atoms with van der Waals surface area (Å²) in [5, 5.41) is 23.9. The highest BCUT2D eigenvalue weighted by molar-refractivity contribution is 5.92. The zero-order valence-electron chi connectivity index (χ0n) is 23.2. The minimum Gasteiger partial charge on any atom is -0.502 e. The summed E-state index contributed by atoms with van der Waals surface area (Å²) in [6.07, 6.45) is 2.17. The molecule has 0 amide bonds. The van der Waals surface area contributed by atoms with E-state index >= 15 is 0 Å². The summed E-state index contributed by atoms with van der Waals surface area (Å²) in [4.78, 5) is 24.2. The smallest absolute Gasteiger partial charge is 0.371 e. The Hall–Kier alpha value is -4.12. The van der Waals surface area contributed by atoms with E-state index in [1.165, 1.54) is 36.2 Å². The molecule has 0 radical (unpaired) electrons. The number of aliphatic carboxylic acids is 2. The minimum atomic E-state index is -1.66. The third kappa shape index (κ3) is 11.4. The van der Waals surface area contributed by atoms with E-state index in [9.17, 15) is 18.4 Å². The lowest BCUT2D eigenvalue weighted by atomic mass is 10.0. The fraction of sp³-hybridized carbons (Fsp3) is 0.312. The van der Waals surface area contributed by atoms with E-state index in [1.54, 1.807) is 24.3 Å². The molecule has 0 saturated carbocycles. The van der Waals surface area contributed by atoms with Gasteiger partial charge in [0, 0.05) is 32.7 Å². The summed E-state index contributed by atoms with van der Waals surface area (Å²) in [7, 11) is 0. The SMILES string of the molecule is Fc1ccc(C(OCCN2CCN(CCCc3ccccc3)CC2)c2ccc(F)cc2)cc1.O=C(O)/C=C(/O)C(=O)O. The van der Waals surface area contributed by atoms with Crippen molar-refractivity contribution in [3.8, 4) is 0 Å². The van der Waals surface area contributed by atoms with Gasteiger partial charge in [0.25, 0.3) is 0 Å². The zero-order chi connectivity index (χ0) is 30.3. The maximum atomic E-state index is 13.4. The number of carboxylic acids is 2. The third-order valence-corrected chi connectivity index (χ3v) is 6.76. The molecule has 10 heteroatoms. The highest BCUT2D eigenvalue weighted by Crippen LogP contribution is 2.26. The van der Waals surface area contributed by atoms with E-state index in [4.69, 9.17) is 20.1 Å². The van der Waals surface area contributed by atoms with Crippen LogP contribution in [0.2, 0.25) is 0 Å². The van der Waals surface area contributed by atoms with Crippen molar-refractivity contribution >= 4 is 11.9 Å². The van der Waals surface area contributed by atoms with Crippen molar-refractivity contribution in [2.45, 2.75) is 18.9 Å². The van der Waals surface area contributed by atoms with Crippen LogP contribution in [-0.2, 0) is 20.7 Å². The van der Waals surface area contributed by atoms with Crippen LogP contribution in [0.15, 0.2) is 90.7 Å². The van der Waals surface area contributed by atoms with Gasteiger partial charge in [-0.15, -0.1) is 0 Å². The molecule has 0 spiro atoms. The molecule has 1 saturated heterocycles. The number of nitrogens with zero attached hydrogens (tertiary/aromatic N) is 2. The number of hydrogen-bond acceptors (Lipinski definition) is 6. The van der Waals surface area contributed by atoms with Crippen molar-refractivity contribution in [1.29, 1.82) is 0 Å². The lowest BCUT2D eigenvalue weighted by Gasteiger charge is -2.35. The van der Waals surface area contributed by atoms with Gasteiger partial charge in [-0.05, 0) is 60.3 Å². The molecule has 0 aliphatic carbocycles. The predicted octanol–water partition coefficient (Wildman–Crippen LogP) is 4.92. The Labute approximate surface area is 244 Å².